The average Bonchev–Trinajstić information content (AvgIpc) is 2.34. The minimum Gasteiger partial charge on any atom is -0.481 e. The zero-order valence-electron chi connectivity index (χ0n) is 11.8. The molecule has 0 aromatic heterocycles. The Morgan fingerprint density at radius 2 is 2.00 bits per heavy atom. The Kier molecular flexibility index (Phi) is 4.25. The summed E-state index contributed by atoms with van der Waals surface area (Å²) in [6, 6.07) is 9.55. The third-order valence-corrected chi connectivity index (χ3v) is 4.26. The molecule has 0 heterocycles. The van der Waals surface area contributed by atoms with E-state index >= 15 is 0 Å². The fraction of sp³-hybridized carbons (Fsp3) is 0.562. The lowest BCUT2D eigenvalue weighted by Crippen LogP contribution is -2.45. The lowest BCUT2D eigenvalue weighted by Gasteiger charge is -2.35. The molecule has 2 rings (SSSR count). The van der Waals surface area contributed by atoms with Gasteiger partial charge in [-0.05, 0) is 38.3 Å². The van der Waals surface area contributed by atoms with Crippen molar-refractivity contribution in [3.63, 3.8) is 0 Å². The van der Waals surface area contributed by atoms with Crippen molar-refractivity contribution >= 4 is 5.97 Å². The number of nitrogens with zero attached hydrogens (tertiary/aromatic N) is 1. The first kappa shape index (κ1) is 14.1. The average molecular weight is 261 g/mol. The van der Waals surface area contributed by atoms with Gasteiger partial charge in [0.05, 0.1) is 0 Å². The normalized spacial score (nSPS) is 18.9. The summed E-state index contributed by atoms with van der Waals surface area (Å²) in [5, 5.41) is 9.61. The van der Waals surface area contributed by atoms with Gasteiger partial charge < -0.3 is 10.0 Å². The van der Waals surface area contributed by atoms with E-state index in [1.807, 2.05) is 44.3 Å². The van der Waals surface area contributed by atoms with Gasteiger partial charge in [0.2, 0.25) is 0 Å². The Labute approximate surface area is 115 Å². The van der Waals surface area contributed by atoms with Crippen LogP contribution in [0, 0.1) is 5.92 Å². The number of rotatable bonds is 6. The monoisotopic (exact) mass is 261 g/mol. The number of benzene rings is 1. The maximum Gasteiger partial charge on any atom is 0.315 e. The number of likely N-dealkylation sites (N-methyl/N-ethyl adjacent to an activating group) is 1. The van der Waals surface area contributed by atoms with Gasteiger partial charge in [-0.1, -0.05) is 36.8 Å². The van der Waals surface area contributed by atoms with Crippen molar-refractivity contribution in [1.82, 2.24) is 4.90 Å². The summed E-state index contributed by atoms with van der Waals surface area (Å²) in [5.41, 5.74) is 0.0442. The van der Waals surface area contributed by atoms with Gasteiger partial charge in [-0.25, -0.2) is 0 Å². The minimum absolute atomic E-state index is 0.558. The van der Waals surface area contributed by atoms with Crippen molar-refractivity contribution in [2.24, 2.45) is 5.92 Å². The van der Waals surface area contributed by atoms with E-state index in [1.165, 1.54) is 19.3 Å². The number of carbonyl (C=O) groups is 1. The SMILES string of the molecule is CN(CC1CCC1)CC(C)(C(=O)O)c1ccccc1. The van der Waals surface area contributed by atoms with E-state index in [-0.39, 0.29) is 0 Å². The van der Waals surface area contributed by atoms with Gasteiger partial charge in [-0.15, -0.1) is 0 Å². The molecule has 1 saturated carbocycles. The number of carboxylic acids is 1. The van der Waals surface area contributed by atoms with Gasteiger partial charge >= 0.3 is 5.97 Å². The molecule has 1 fully saturated rings. The van der Waals surface area contributed by atoms with Gasteiger partial charge in [0.1, 0.15) is 5.41 Å². The Balaban J connectivity index is 2.08. The third kappa shape index (κ3) is 3.16. The Hall–Kier alpha value is -1.35. The molecule has 3 heteroatoms. The Bertz CT molecular complexity index is 428. The Morgan fingerprint density at radius 1 is 1.37 bits per heavy atom. The molecule has 0 saturated heterocycles. The van der Waals surface area contributed by atoms with E-state index in [9.17, 15) is 9.90 Å². The van der Waals surface area contributed by atoms with Crippen LogP contribution in [0.15, 0.2) is 30.3 Å². The van der Waals surface area contributed by atoms with Crippen molar-refractivity contribution in [3.05, 3.63) is 35.9 Å². The molecule has 1 N–H and O–H groups in total. The molecule has 1 atom stereocenters. The molecule has 1 aromatic rings. The van der Waals surface area contributed by atoms with Gasteiger partial charge in [-0.3, -0.25) is 4.79 Å². The van der Waals surface area contributed by atoms with Crippen LogP contribution in [0.25, 0.3) is 0 Å². The molecule has 0 amide bonds. The topological polar surface area (TPSA) is 40.5 Å². The maximum atomic E-state index is 11.7. The van der Waals surface area contributed by atoms with Crippen LogP contribution in [0.5, 0.6) is 0 Å². The minimum atomic E-state index is -0.834. The predicted octanol–water partition coefficient (Wildman–Crippen LogP) is 2.76. The van der Waals surface area contributed by atoms with Crippen LogP contribution >= 0.6 is 0 Å². The smallest absolute Gasteiger partial charge is 0.315 e. The number of hydrogen-bond acceptors (Lipinski definition) is 2. The fourth-order valence-corrected chi connectivity index (χ4v) is 2.81. The highest BCUT2D eigenvalue weighted by Crippen LogP contribution is 2.29. The molecule has 0 aliphatic heterocycles. The highest BCUT2D eigenvalue weighted by atomic mass is 16.4. The van der Waals surface area contributed by atoms with Crippen molar-refractivity contribution in [3.8, 4) is 0 Å². The molecule has 1 aliphatic rings. The summed E-state index contributed by atoms with van der Waals surface area (Å²) >= 11 is 0. The zero-order chi connectivity index (χ0) is 13.9. The van der Waals surface area contributed by atoms with Crippen LogP contribution in [0.4, 0.5) is 0 Å². The molecule has 0 radical (unpaired) electrons. The maximum absolute atomic E-state index is 11.7. The second kappa shape index (κ2) is 5.74. The molecule has 0 bridgehead atoms. The van der Waals surface area contributed by atoms with Crippen molar-refractivity contribution < 1.29 is 9.90 Å². The second-order valence-corrected chi connectivity index (χ2v) is 6.00. The van der Waals surface area contributed by atoms with E-state index in [0.717, 1.165) is 18.0 Å². The van der Waals surface area contributed by atoms with Crippen molar-refractivity contribution in [2.45, 2.75) is 31.6 Å². The van der Waals surface area contributed by atoms with Gasteiger partial charge in [0.15, 0.2) is 0 Å². The highest BCUT2D eigenvalue weighted by molar-refractivity contribution is 5.81. The first-order valence-electron chi connectivity index (χ1n) is 7.00. The summed E-state index contributed by atoms with van der Waals surface area (Å²) in [6.07, 6.45) is 3.91. The number of hydrogen-bond donors (Lipinski definition) is 1. The first-order chi connectivity index (χ1) is 9.02. The van der Waals surface area contributed by atoms with Gasteiger partial charge in [-0.2, -0.15) is 0 Å². The van der Waals surface area contributed by atoms with E-state index in [4.69, 9.17) is 0 Å². The van der Waals surface area contributed by atoms with Crippen LogP contribution in [-0.2, 0) is 10.2 Å². The molecular weight excluding hydrogens is 238 g/mol. The summed E-state index contributed by atoms with van der Waals surface area (Å²) in [7, 11) is 2.03. The molecule has 0 spiro atoms. The molecular formula is C16H23NO2. The van der Waals surface area contributed by atoms with Gasteiger partial charge in [0, 0.05) is 13.1 Å². The van der Waals surface area contributed by atoms with E-state index in [1.54, 1.807) is 0 Å². The number of carboxylic acid groups (broad SMARTS) is 1. The molecule has 104 valence electrons. The predicted molar refractivity (Wildman–Crippen MR) is 76.3 cm³/mol. The van der Waals surface area contributed by atoms with Crippen LogP contribution in [0.1, 0.15) is 31.7 Å². The largest absolute Gasteiger partial charge is 0.481 e. The second-order valence-electron chi connectivity index (χ2n) is 6.00. The Morgan fingerprint density at radius 3 is 2.47 bits per heavy atom. The molecule has 1 aromatic carbocycles. The van der Waals surface area contributed by atoms with Crippen molar-refractivity contribution in [1.29, 1.82) is 0 Å². The summed E-state index contributed by atoms with van der Waals surface area (Å²) < 4.78 is 0. The zero-order valence-corrected chi connectivity index (χ0v) is 11.8. The molecule has 1 unspecified atom stereocenters. The van der Waals surface area contributed by atoms with Crippen molar-refractivity contribution in [2.75, 3.05) is 20.1 Å². The summed E-state index contributed by atoms with van der Waals surface area (Å²) in [5.74, 6) is 0.0120. The highest BCUT2D eigenvalue weighted by Gasteiger charge is 2.36. The van der Waals surface area contributed by atoms with E-state index < -0.39 is 11.4 Å². The third-order valence-electron chi connectivity index (χ3n) is 4.26. The van der Waals surface area contributed by atoms with Crippen LogP contribution < -0.4 is 0 Å². The quantitative estimate of drug-likeness (QED) is 0.856. The standard InChI is InChI=1S/C16H23NO2/c1-16(15(18)19,14-9-4-3-5-10-14)12-17(2)11-13-7-6-8-13/h3-5,9-10,13H,6-8,11-12H2,1-2H3,(H,18,19). The first-order valence-corrected chi connectivity index (χ1v) is 7.00. The van der Waals surface area contributed by atoms with Gasteiger partial charge in [0.25, 0.3) is 0 Å². The molecule has 3 nitrogen and oxygen atoms in total. The van der Waals surface area contributed by atoms with Crippen LogP contribution in [-0.4, -0.2) is 36.1 Å². The van der Waals surface area contributed by atoms with Crippen LogP contribution in [0.2, 0.25) is 0 Å². The lowest BCUT2D eigenvalue weighted by molar-refractivity contribution is -0.144. The molecule has 1 aliphatic carbocycles. The van der Waals surface area contributed by atoms with Crippen LogP contribution in [0.3, 0.4) is 0 Å². The summed E-state index contributed by atoms with van der Waals surface area (Å²) in [4.78, 5) is 13.9. The number of aliphatic carboxylic acids is 1. The van der Waals surface area contributed by atoms with E-state index in [2.05, 4.69) is 4.90 Å². The summed E-state index contributed by atoms with van der Waals surface area (Å²) in [6.45, 7) is 3.39. The van der Waals surface area contributed by atoms with E-state index in [0.29, 0.717) is 6.54 Å². The lowest BCUT2D eigenvalue weighted by atomic mass is 9.81. The molecule has 19 heavy (non-hydrogen) atoms. The fourth-order valence-electron chi connectivity index (χ4n) is 2.81.